The van der Waals surface area contributed by atoms with E-state index in [-0.39, 0.29) is 19.1 Å². The quantitative estimate of drug-likeness (QED) is 0.810. The van der Waals surface area contributed by atoms with Crippen LogP contribution in [0.2, 0.25) is 0 Å². The van der Waals surface area contributed by atoms with Crippen LogP contribution >= 0.6 is 15.9 Å². The average Bonchev–Trinajstić information content (AvgIpc) is 3.13. The number of anilines is 1. The van der Waals surface area contributed by atoms with Gasteiger partial charge < -0.3 is 24.5 Å². The summed E-state index contributed by atoms with van der Waals surface area (Å²) >= 11 is 3.21. The van der Waals surface area contributed by atoms with Crippen molar-refractivity contribution in [3.63, 3.8) is 0 Å². The summed E-state index contributed by atoms with van der Waals surface area (Å²) in [6, 6.07) is 6.58. The first-order valence-electron chi connectivity index (χ1n) is 6.32. The molecule has 2 heterocycles. The van der Waals surface area contributed by atoms with Crippen LogP contribution in [0.15, 0.2) is 34.9 Å². The molecule has 1 amide bonds. The molecule has 3 rings (SSSR count). The van der Waals surface area contributed by atoms with Gasteiger partial charge in [0.15, 0.2) is 18.1 Å². The van der Waals surface area contributed by atoms with E-state index in [1.165, 1.54) is 0 Å². The molecule has 1 aromatic carbocycles. The van der Waals surface area contributed by atoms with Crippen LogP contribution in [0.1, 0.15) is 10.5 Å². The Kier molecular flexibility index (Phi) is 4.01. The first kappa shape index (κ1) is 14.5. The third-order valence-electron chi connectivity index (χ3n) is 2.86. The molecule has 2 N–H and O–H groups in total. The third kappa shape index (κ3) is 3.22. The molecule has 7 nitrogen and oxygen atoms in total. The summed E-state index contributed by atoms with van der Waals surface area (Å²) in [5.74, 6) is 0.136. The standard InChI is InChI=1S/C14H11BrN2O5/c15-8-3-10(16-5-8)14(19)20-6-13(18)17-9-1-2-11-12(4-9)22-7-21-11/h1-5,16H,6-7H2,(H,17,18). The summed E-state index contributed by atoms with van der Waals surface area (Å²) < 4.78 is 16.0. The Balaban J connectivity index is 1.53. The molecule has 1 aromatic heterocycles. The van der Waals surface area contributed by atoms with Crippen molar-refractivity contribution < 1.29 is 23.8 Å². The molecule has 1 aliphatic heterocycles. The first-order valence-corrected chi connectivity index (χ1v) is 7.11. The fourth-order valence-corrected chi connectivity index (χ4v) is 2.21. The lowest BCUT2D eigenvalue weighted by Crippen LogP contribution is -2.21. The van der Waals surface area contributed by atoms with Gasteiger partial charge in [-0.2, -0.15) is 0 Å². The van der Waals surface area contributed by atoms with Crippen LogP contribution in [0.25, 0.3) is 0 Å². The molecule has 0 atom stereocenters. The smallest absolute Gasteiger partial charge is 0.355 e. The summed E-state index contributed by atoms with van der Waals surface area (Å²) in [6.45, 7) is -0.222. The summed E-state index contributed by atoms with van der Waals surface area (Å²) in [7, 11) is 0. The highest BCUT2D eigenvalue weighted by molar-refractivity contribution is 9.10. The number of amides is 1. The number of fused-ring (bicyclic) bond motifs is 1. The zero-order valence-corrected chi connectivity index (χ0v) is 12.8. The van der Waals surface area contributed by atoms with Crippen LogP contribution in [0.3, 0.4) is 0 Å². The van der Waals surface area contributed by atoms with Crippen LogP contribution in [0.5, 0.6) is 11.5 Å². The van der Waals surface area contributed by atoms with E-state index in [2.05, 4.69) is 26.2 Å². The summed E-state index contributed by atoms with van der Waals surface area (Å²) in [6.07, 6.45) is 1.60. The van der Waals surface area contributed by atoms with Gasteiger partial charge in [-0.05, 0) is 34.1 Å². The third-order valence-corrected chi connectivity index (χ3v) is 3.32. The molecule has 0 fully saturated rings. The number of hydrogen-bond acceptors (Lipinski definition) is 5. The average molecular weight is 367 g/mol. The van der Waals surface area contributed by atoms with Crippen molar-refractivity contribution >= 4 is 33.5 Å². The number of H-pyrrole nitrogens is 1. The predicted octanol–water partition coefficient (Wildman–Crippen LogP) is 2.30. The highest BCUT2D eigenvalue weighted by atomic mass is 79.9. The van der Waals surface area contributed by atoms with Crippen molar-refractivity contribution in [3.8, 4) is 11.5 Å². The normalized spacial score (nSPS) is 12.0. The number of ether oxygens (including phenoxy) is 3. The molecule has 0 saturated heterocycles. The molecule has 2 aromatic rings. The van der Waals surface area contributed by atoms with Gasteiger partial charge in [-0.25, -0.2) is 4.79 Å². The zero-order valence-electron chi connectivity index (χ0n) is 11.2. The highest BCUT2D eigenvalue weighted by Crippen LogP contribution is 2.34. The van der Waals surface area contributed by atoms with Gasteiger partial charge in [0.1, 0.15) is 5.69 Å². The molecular formula is C14H11BrN2O5. The minimum Gasteiger partial charge on any atom is -0.454 e. The molecule has 8 heteroatoms. The van der Waals surface area contributed by atoms with Gasteiger partial charge in [-0.1, -0.05) is 0 Å². The van der Waals surface area contributed by atoms with Crippen molar-refractivity contribution in [1.82, 2.24) is 4.98 Å². The molecule has 22 heavy (non-hydrogen) atoms. The molecule has 0 saturated carbocycles. The maximum Gasteiger partial charge on any atom is 0.355 e. The number of hydrogen-bond donors (Lipinski definition) is 2. The van der Waals surface area contributed by atoms with E-state index in [1.54, 1.807) is 30.5 Å². The number of aromatic amines is 1. The lowest BCUT2D eigenvalue weighted by atomic mass is 10.3. The lowest BCUT2D eigenvalue weighted by Gasteiger charge is -2.06. The molecule has 114 valence electrons. The summed E-state index contributed by atoms with van der Waals surface area (Å²) in [5.41, 5.74) is 0.802. The van der Waals surface area contributed by atoms with Crippen LogP contribution in [0.4, 0.5) is 5.69 Å². The first-order chi connectivity index (χ1) is 10.6. The van der Waals surface area contributed by atoms with Crippen LogP contribution < -0.4 is 14.8 Å². The second kappa shape index (κ2) is 6.10. The van der Waals surface area contributed by atoms with E-state index in [1.807, 2.05) is 0 Å². The van der Waals surface area contributed by atoms with Crippen molar-refractivity contribution in [1.29, 1.82) is 0 Å². The Morgan fingerprint density at radius 2 is 2.09 bits per heavy atom. The zero-order chi connectivity index (χ0) is 15.5. The number of carbonyl (C=O) groups is 2. The number of aromatic nitrogens is 1. The molecule has 0 radical (unpaired) electrons. The Labute approximate surface area is 133 Å². The van der Waals surface area contributed by atoms with Gasteiger partial charge in [0, 0.05) is 22.4 Å². The van der Waals surface area contributed by atoms with Crippen molar-refractivity contribution in [2.45, 2.75) is 0 Å². The van der Waals surface area contributed by atoms with Crippen LogP contribution in [-0.2, 0) is 9.53 Å². The maximum absolute atomic E-state index is 11.8. The number of carbonyl (C=O) groups excluding carboxylic acids is 2. The Hall–Kier alpha value is -2.48. The van der Waals surface area contributed by atoms with E-state index >= 15 is 0 Å². The predicted molar refractivity (Wildman–Crippen MR) is 80.0 cm³/mol. The van der Waals surface area contributed by atoms with Gasteiger partial charge in [0.2, 0.25) is 6.79 Å². The van der Waals surface area contributed by atoms with E-state index in [0.29, 0.717) is 17.2 Å². The summed E-state index contributed by atoms with van der Waals surface area (Å²) in [4.78, 5) is 26.2. The Morgan fingerprint density at radius 1 is 1.27 bits per heavy atom. The molecule has 1 aliphatic rings. The fourth-order valence-electron chi connectivity index (χ4n) is 1.87. The number of benzene rings is 1. The van der Waals surface area contributed by atoms with Gasteiger partial charge in [-0.3, -0.25) is 4.79 Å². The fraction of sp³-hybridized carbons (Fsp3) is 0.143. The minimum absolute atomic E-state index is 0.163. The van der Waals surface area contributed by atoms with Gasteiger partial charge in [0.25, 0.3) is 5.91 Å². The Bertz CT molecular complexity index is 728. The van der Waals surface area contributed by atoms with Crippen LogP contribution in [-0.4, -0.2) is 30.3 Å². The van der Waals surface area contributed by atoms with E-state index in [0.717, 1.165) is 4.47 Å². The topological polar surface area (TPSA) is 89.7 Å². The molecule has 0 unspecified atom stereocenters. The number of rotatable bonds is 4. The number of esters is 1. The minimum atomic E-state index is -0.605. The lowest BCUT2D eigenvalue weighted by molar-refractivity contribution is -0.119. The molecule has 0 spiro atoms. The largest absolute Gasteiger partial charge is 0.454 e. The van der Waals surface area contributed by atoms with Gasteiger partial charge in [-0.15, -0.1) is 0 Å². The van der Waals surface area contributed by atoms with Crippen molar-refractivity contribution in [2.75, 3.05) is 18.7 Å². The van der Waals surface area contributed by atoms with E-state index in [4.69, 9.17) is 14.2 Å². The second-order valence-electron chi connectivity index (χ2n) is 4.42. The monoisotopic (exact) mass is 366 g/mol. The maximum atomic E-state index is 11.8. The molecular weight excluding hydrogens is 356 g/mol. The van der Waals surface area contributed by atoms with E-state index in [9.17, 15) is 9.59 Å². The second-order valence-corrected chi connectivity index (χ2v) is 5.34. The SMILES string of the molecule is O=C(COC(=O)c1cc(Br)c[nH]1)Nc1ccc2c(c1)OCO2. The van der Waals surface area contributed by atoms with Gasteiger partial charge in [0.05, 0.1) is 0 Å². The molecule has 0 bridgehead atoms. The van der Waals surface area contributed by atoms with Crippen molar-refractivity contribution in [3.05, 3.63) is 40.6 Å². The highest BCUT2D eigenvalue weighted by Gasteiger charge is 2.15. The van der Waals surface area contributed by atoms with E-state index < -0.39 is 11.9 Å². The van der Waals surface area contributed by atoms with Gasteiger partial charge >= 0.3 is 5.97 Å². The Morgan fingerprint density at radius 3 is 2.86 bits per heavy atom. The van der Waals surface area contributed by atoms with Crippen LogP contribution in [0, 0.1) is 0 Å². The number of halogens is 1. The number of nitrogens with one attached hydrogen (secondary N) is 2. The molecule has 0 aliphatic carbocycles. The van der Waals surface area contributed by atoms with Crippen molar-refractivity contribution in [2.24, 2.45) is 0 Å². The summed E-state index contributed by atoms with van der Waals surface area (Å²) in [5, 5.41) is 2.61.